The van der Waals surface area contributed by atoms with Gasteiger partial charge in [0.15, 0.2) is 5.78 Å². The predicted molar refractivity (Wildman–Crippen MR) is 105 cm³/mol. The molecule has 0 bridgehead atoms. The molecule has 0 aromatic rings. The summed E-state index contributed by atoms with van der Waals surface area (Å²) in [5.74, 6) is -3.07. The van der Waals surface area contributed by atoms with Gasteiger partial charge in [0.05, 0.1) is 0 Å². The summed E-state index contributed by atoms with van der Waals surface area (Å²) in [6.45, 7) is 3.46. The lowest BCUT2D eigenvalue weighted by Crippen LogP contribution is -2.48. The number of Topliss-reactive ketones (excluding diaryl/α,β-unsaturated/α-hetero) is 2. The standard InChI is InChI=1S/C22H32F4O4/c1-3-4-13-21(23,22(24,25)26)19(28)12-11-16-15(2)14-18(27)17(16)9-7-5-6-8-10-20(29)30/h5,7,15-17H,3-4,6,8-14H2,1-2H3,(H,29,30)/b7-5-/t15-,16+,17-,21-/m1/s1. The second-order valence-electron chi connectivity index (χ2n) is 8.28. The molecule has 1 rings (SSSR count). The van der Waals surface area contributed by atoms with Gasteiger partial charge in [0.2, 0.25) is 0 Å². The molecule has 0 radical (unpaired) electrons. The summed E-state index contributed by atoms with van der Waals surface area (Å²) >= 11 is 0. The van der Waals surface area contributed by atoms with Crippen LogP contribution >= 0.6 is 0 Å². The minimum atomic E-state index is -5.24. The Kier molecular flexibility index (Phi) is 10.2. The van der Waals surface area contributed by atoms with Crippen molar-refractivity contribution in [2.24, 2.45) is 17.8 Å². The summed E-state index contributed by atoms with van der Waals surface area (Å²) in [6.07, 6.45) is -0.921. The number of carbonyl (C=O) groups is 3. The van der Waals surface area contributed by atoms with Gasteiger partial charge in [-0.3, -0.25) is 14.4 Å². The van der Waals surface area contributed by atoms with Gasteiger partial charge in [-0.1, -0.05) is 32.4 Å². The van der Waals surface area contributed by atoms with Gasteiger partial charge in [0.1, 0.15) is 5.78 Å². The highest BCUT2D eigenvalue weighted by Crippen LogP contribution is 2.43. The van der Waals surface area contributed by atoms with Crippen molar-refractivity contribution in [2.75, 3.05) is 0 Å². The van der Waals surface area contributed by atoms with E-state index in [0.717, 1.165) is 0 Å². The number of hydrogen-bond acceptors (Lipinski definition) is 3. The number of alkyl halides is 4. The van der Waals surface area contributed by atoms with Crippen molar-refractivity contribution in [1.82, 2.24) is 0 Å². The topological polar surface area (TPSA) is 71.4 Å². The van der Waals surface area contributed by atoms with E-state index in [1.165, 1.54) is 0 Å². The normalized spacial score (nSPS) is 24.3. The number of rotatable bonds is 13. The highest BCUT2D eigenvalue weighted by molar-refractivity contribution is 5.88. The molecule has 0 aromatic carbocycles. The average molecular weight is 436 g/mol. The average Bonchev–Trinajstić information content (AvgIpc) is 2.91. The fourth-order valence-electron chi connectivity index (χ4n) is 4.13. The van der Waals surface area contributed by atoms with Gasteiger partial charge in [0.25, 0.3) is 5.67 Å². The summed E-state index contributed by atoms with van der Waals surface area (Å²) in [5, 5.41) is 8.61. The third-order valence-electron chi connectivity index (χ3n) is 5.97. The zero-order chi connectivity index (χ0) is 22.9. The molecule has 0 unspecified atom stereocenters. The van der Waals surface area contributed by atoms with Gasteiger partial charge < -0.3 is 5.11 Å². The van der Waals surface area contributed by atoms with Crippen molar-refractivity contribution >= 4 is 17.5 Å². The fourth-order valence-corrected chi connectivity index (χ4v) is 4.13. The van der Waals surface area contributed by atoms with E-state index in [1.807, 2.05) is 6.92 Å². The van der Waals surface area contributed by atoms with Gasteiger partial charge in [-0.05, 0) is 50.4 Å². The van der Waals surface area contributed by atoms with Crippen LogP contribution in [0.2, 0.25) is 0 Å². The molecule has 1 saturated carbocycles. The molecule has 1 aliphatic carbocycles. The molecule has 0 heterocycles. The van der Waals surface area contributed by atoms with Crippen LogP contribution in [0.15, 0.2) is 12.2 Å². The Labute approximate surface area is 175 Å². The van der Waals surface area contributed by atoms with Crippen LogP contribution in [0.3, 0.4) is 0 Å². The molecule has 1 aliphatic rings. The Morgan fingerprint density at radius 2 is 1.80 bits per heavy atom. The molecule has 172 valence electrons. The number of halogens is 4. The van der Waals surface area contributed by atoms with E-state index in [4.69, 9.17) is 5.11 Å². The van der Waals surface area contributed by atoms with Crippen molar-refractivity contribution in [2.45, 2.75) is 89.9 Å². The Morgan fingerprint density at radius 1 is 1.13 bits per heavy atom. The monoisotopic (exact) mass is 436 g/mol. The number of allylic oxidation sites excluding steroid dienone is 2. The van der Waals surface area contributed by atoms with Gasteiger partial charge in [-0.25, -0.2) is 4.39 Å². The number of aliphatic carboxylic acids is 1. The van der Waals surface area contributed by atoms with E-state index >= 15 is 0 Å². The van der Waals surface area contributed by atoms with Crippen LogP contribution in [0.25, 0.3) is 0 Å². The summed E-state index contributed by atoms with van der Waals surface area (Å²) in [7, 11) is 0. The lowest BCUT2D eigenvalue weighted by molar-refractivity contribution is -0.228. The fraction of sp³-hybridized carbons (Fsp3) is 0.773. The van der Waals surface area contributed by atoms with E-state index < -0.39 is 42.4 Å². The highest BCUT2D eigenvalue weighted by Gasteiger charge is 2.60. The minimum absolute atomic E-state index is 0.00320. The number of ketones is 2. The van der Waals surface area contributed by atoms with Crippen LogP contribution in [-0.4, -0.2) is 34.5 Å². The van der Waals surface area contributed by atoms with E-state index in [-0.39, 0.29) is 36.9 Å². The smallest absolute Gasteiger partial charge is 0.429 e. The summed E-state index contributed by atoms with van der Waals surface area (Å²) in [6, 6.07) is 0. The minimum Gasteiger partial charge on any atom is -0.481 e. The first-order chi connectivity index (χ1) is 13.9. The number of carbonyl (C=O) groups excluding carboxylic acids is 2. The second-order valence-corrected chi connectivity index (χ2v) is 8.28. The van der Waals surface area contributed by atoms with Crippen molar-refractivity contribution in [3.05, 3.63) is 12.2 Å². The highest BCUT2D eigenvalue weighted by atomic mass is 19.4. The molecular formula is C22H32F4O4. The summed E-state index contributed by atoms with van der Waals surface area (Å²) in [5.41, 5.74) is -3.82. The molecule has 0 saturated heterocycles. The van der Waals surface area contributed by atoms with Crippen molar-refractivity contribution in [3.63, 3.8) is 0 Å². The van der Waals surface area contributed by atoms with Gasteiger partial charge >= 0.3 is 12.1 Å². The molecule has 8 heteroatoms. The molecule has 30 heavy (non-hydrogen) atoms. The largest absolute Gasteiger partial charge is 0.481 e. The molecule has 0 aliphatic heterocycles. The Hall–Kier alpha value is -1.73. The van der Waals surface area contributed by atoms with Gasteiger partial charge in [-0.15, -0.1) is 0 Å². The van der Waals surface area contributed by atoms with E-state index in [1.54, 1.807) is 19.1 Å². The maximum Gasteiger partial charge on any atom is 0.429 e. The lowest BCUT2D eigenvalue weighted by atomic mass is 9.81. The number of carboxylic acid groups (broad SMARTS) is 1. The first-order valence-electron chi connectivity index (χ1n) is 10.6. The van der Waals surface area contributed by atoms with Crippen LogP contribution in [0.1, 0.15) is 78.1 Å². The molecular weight excluding hydrogens is 404 g/mol. The van der Waals surface area contributed by atoms with Crippen LogP contribution in [0, 0.1) is 17.8 Å². The molecule has 4 nitrogen and oxygen atoms in total. The summed E-state index contributed by atoms with van der Waals surface area (Å²) in [4.78, 5) is 35.0. The first-order valence-corrected chi connectivity index (χ1v) is 10.6. The van der Waals surface area contributed by atoms with Crippen molar-refractivity contribution < 1.29 is 37.1 Å². The molecule has 0 amide bonds. The van der Waals surface area contributed by atoms with Crippen LogP contribution in [-0.2, 0) is 14.4 Å². The van der Waals surface area contributed by atoms with E-state index in [2.05, 4.69) is 0 Å². The number of unbranched alkanes of at least 4 members (excludes halogenated alkanes) is 2. The number of hydrogen-bond donors (Lipinski definition) is 1. The van der Waals surface area contributed by atoms with Gasteiger partial charge in [-0.2, -0.15) is 13.2 Å². The third kappa shape index (κ3) is 7.20. The Bertz CT molecular complexity index is 629. The second kappa shape index (κ2) is 11.6. The van der Waals surface area contributed by atoms with Crippen molar-refractivity contribution in [1.29, 1.82) is 0 Å². The quantitative estimate of drug-likeness (QED) is 0.224. The van der Waals surface area contributed by atoms with E-state index in [0.29, 0.717) is 32.1 Å². The zero-order valence-corrected chi connectivity index (χ0v) is 17.6. The Balaban J connectivity index is 2.71. The van der Waals surface area contributed by atoms with Gasteiger partial charge in [0, 0.05) is 25.2 Å². The lowest BCUT2D eigenvalue weighted by Gasteiger charge is -2.28. The van der Waals surface area contributed by atoms with Crippen LogP contribution in [0.5, 0.6) is 0 Å². The third-order valence-corrected chi connectivity index (χ3v) is 5.97. The van der Waals surface area contributed by atoms with Crippen LogP contribution in [0.4, 0.5) is 17.6 Å². The Morgan fingerprint density at radius 3 is 2.37 bits per heavy atom. The SMILES string of the molecule is CCCC[C@@](F)(C(=O)CC[C@H]1[C@H](C)CC(=O)[C@@H]1C/C=C\CCCC(=O)O)C(F)(F)F. The zero-order valence-electron chi connectivity index (χ0n) is 17.6. The molecule has 0 spiro atoms. The number of carboxylic acids is 1. The van der Waals surface area contributed by atoms with Crippen molar-refractivity contribution in [3.8, 4) is 0 Å². The maximum atomic E-state index is 14.6. The molecule has 1 N–H and O–H groups in total. The first kappa shape index (κ1) is 26.3. The molecule has 4 atom stereocenters. The predicted octanol–water partition coefficient (Wildman–Crippen LogP) is 5.84. The molecule has 1 fully saturated rings. The maximum absolute atomic E-state index is 14.6. The molecule has 0 aromatic heterocycles. The van der Waals surface area contributed by atoms with Crippen LogP contribution < -0.4 is 0 Å². The summed E-state index contributed by atoms with van der Waals surface area (Å²) < 4.78 is 54.3. The van der Waals surface area contributed by atoms with E-state index in [9.17, 15) is 31.9 Å².